The Kier molecular flexibility index (Phi) is 2.85. The molecule has 3 nitrogen and oxygen atoms in total. The molecule has 0 unspecified atom stereocenters. The van der Waals surface area contributed by atoms with Crippen LogP contribution in [-0.4, -0.2) is 31.6 Å². The summed E-state index contributed by atoms with van der Waals surface area (Å²) in [5.41, 5.74) is 2.01. The van der Waals surface area contributed by atoms with Gasteiger partial charge in [-0.05, 0) is 25.0 Å². The third-order valence-corrected chi connectivity index (χ3v) is 3.73. The number of carbonyl (C=O) groups excluding carboxylic acids is 1. The van der Waals surface area contributed by atoms with E-state index in [0.29, 0.717) is 12.5 Å². The molecule has 0 spiro atoms. The molecule has 2 aliphatic rings. The zero-order chi connectivity index (χ0) is 11.7. The highest BCUT2D eigenvalue weighted by molar-refractivity contribution is 6.03. The highest BCUT2D eigenvalue weighted by atomic mass is 16.5. The number of Topliss-reactive ketones (excluding diaryl/α,β-unsaturated/α-hetero) is 1. The number of nitrogens with zero attached hydrogens (tertiary/aromatic N) is 1. The van der Waals surface area contributed by atoms with Gasteiger partial charge in [-0.15, -0.1) is 0 Å². The van der Waals surface area contributed by atoms with Gasteiger partial charge in [-0.25, -0.2) is 0 Å². The lowest BCUT2D eigenvalue weighted by Crippen LogP contribution is -2.43. The van der Waals surface area contributed by atoms with Crippen molar-refractivity contribution in [3.05, 3.63) is 29.8 Å². The monoisotopic (exact) mass is 231 g/mol. The first-order valence-electron chi connectivity index (χ1n) is 6.33. The molecule has 2 heterocycles. The Hall–Kier alpha value is -1.35. The maximum Gasteiger partial charge on any atom is 0.166 e. The van der Waals surface area contributed by atoms with Crippen LogP contribution in [0.3, 0.4) is 0 Å². The second kappa shape index (κ2) is 4.49. The van der Waals surface area contributed by atoms with Crippen LogP contribution in [0.5, 0.6) is 0 Å². The summed E-state index contributed by atoms with van der Waals surface area (Å²) in [4.78, 5) is 14.3. The van der Waals surface area contributed by atoms with Gasteiger partial charge in [-0.3, -0.25) is 4.79 Å². The van der Waals surface area contributed by atoms with E-state index >= 15 is 0 Å². The number of carbonyl (C=O) groups is 1. The van der Waals surface area contributed by atoms with Crippen LogP contribution in [0.1, 0.15) is 29.6 Å². The quantitative estimate of drug-likeness (QED) is 0.742. The number of anilines is 1. The van der Waals surface area contributed by atoms with Crippen LogP contribution in [0.4, 0.5) is 5.69 Å². The van der Waals surface area contributed by atoms with Crippen molar-refractivity contribution in [2.75, 3.05) is 24.7 Å². The van der Waals surface area contributed by atoms with Crippen molar-refractivity contribution in [2.24, 2.45) is 0 Å². The minimum Gasteiger partial charge on any atom is -0.381 e. The molecule has 1 aromatic carbocycles. The van der Waals surface area contributed by atoms with E-state index in [1.54, 1.807) is 0 Å². The van der Waals surface area contributed by atoms with Crippen LogP contribution in [0.2, 0.25) is 0 Å². The van der Waals surface area contributed by atoms with Gasteiger partial charge in [0.2, 0.25) is 0 Å². The topological polar surface area (TPSA) is 29.5 Å². The van der Waals surface area contributed by atoms with E-state index < -0.39 is 0 Å². The molecule has 0 atom stereocenters. The van der Waals surface area contributed by atoms with Crippen LogP contribution in [-0.2, 0) is 4.74 Å². The Morgan fingerprint density at radius 1 is 1.18 bits per heavy atom. The highest BCUT2D eigenvalue weighted by Gasteiger charge is 2.28. The summed E-state index contributed by atoms with van der Waals surface area (Å²) in [7, 11) is 0. The average molecular weight is 231 g/mol. The molecule has 90 valence electrons. The van der Waals surface area contributed by atoms with Crippen molar-refractivity contribution in [2.45, 2.75) is 25.3 Å². The van der Waals surface area contributed by atoms with Crippen molar-refractivity contribution in [3.8, 4) is 0 Å². The standard InChI is InChI=1S/C14H17NO2/c16-14-5-8-15(11-6-9-17-10-7-11)13-4-2-1-3-12(13)14/h1-4,11H,5-10H2. The lowest BCUT2D eigenvalue weighted by Gasteiger charge is -2.39. The van der Waals surface area contributed by atoms with E-state index in [-0.39, 0.29) is 5.78 Å². The van der Waals surface area contributed by atoms with Gasteiger partial charge in [0.15, 0.2) is 5.78 Å². The van der Waals surface area contributed by atoms with Gasteiger partial charge in [0.05, 0.1) is 0 Å². The molecule has 0 bridgehead atoms. The number of para-hydroxylation sites is 1. The highest BCUT2D eigenvalue weighted by Crippen LogP contribution is 2.30. The Bertz CT molecular complexity index is 424. The molecule has 1 aromatic rings. The number of ether oxygens (including phenoxy) is 1. The predicted octanol–water partition coefficient (Wildman–Crippen LogP) is 2.26. The van der Waals surface area contributed by atoms with Crippen LogP contribution in [0, 0.1) is 0 Å². The second-order valence-corrected chi connectivity index (χ2v) is 4.73. The normalized spacial score (nSPS) is 21.4. The summed E-state index contributed by atoms with van der Waals surface area (Å²) in [5.74, 6) is 0.281. The number of hydrogen-bond donors (Lipinski definition) is 0. The van der Waals surface area contributed by atoms with Gasteiger partial charge in [0.1, 0.15) is 0 Å². The lowest BCUT2D eigenvalue weighted by molar-refractivity contribution is 0.0830. The number of rotatable bonds is 1. The summed E-state index contributed by atoms with van der Waals surface area (Å²) in [6.07, 6.45) is 2.79. The molecular formula is C14H17NO2. The summed E-state index contributed by atoms with van der Waals surface area (Å²) < 4.78 is 5.41. The molecular weight excluding hydrogens is 214 g/mol. The first kappa shape index (κ1) is 10.8. The Labute approximate surface area is 101 Å². The molecule has 0 N–H and O–H groups in total. The Morgan fingerprint density at radius 2 is 1.94 bits per heavy atom. The molecule has 0 radical (unpaired) electrons. The maximum absolute atomic E-state index is 11.9. The third kappa shape index (κ3) is 1.95. The number of benzene rings is 1. The zero-order valence-electron chi connectivity index (χ0n) is 9.89. The molecule has 1 saturated heterocycles. The fourth-order valence-corrected chi connectivity index (χ4v) is 2.81. The van der Waals surface area contributed by atoms with E-state index in [1.165, 1.54) is 0 Å². The minimum absolute atomic E-state index is 0.281. The molecule has 1 fully saturated rings. The summed E-state index contributed by atoms with van der Waals surface area (Å²) in [5, 5.41) is 0. The fraction of sp³-hybridized carbons (Fsp3) is 0.500. The van der Waals surface area contributed by atoms with Crippen molar-refractivity contribution in [1.29, 1.82) is 0 Å². The largest absolute Gasteiger partial charge is 0.381 e. The summed E-state index contributed by atoms with van der Waals surface area (Å²) in [6.45, 7) is 2.55. The van der Waals surface area contributed by atoms with Crippen LogP contribution in [0.15, 0.2) is 24.3 Å². The maximum atomic E-state index is 11.9. The van der Waals surface area contributed by atoms with Gasteiger partial charge in [0.25, 0.3) is 0 Å². The Morgan fingerprint density at radius 3 is 2.76 bits per heavy atom. The summed E-state index contributed by atoms with van der Waals surface area (Å²) in [6, 6.07) is 8.52. The first-order chi connectivity index (χ1) is 8.36. The smallest absolute Gasteiger partial charge is 0.166 e. The van der Waals surface area contributed by atoms with Crippen LogP contribution >= 0.6 is 0 Å². The van der Waals surface area contributed by atoms with Gasteiger partial charge in [0, 0.05) is 43.5 Å². The lowest BCUT2D eigenvalue weighted by atomic mass is 9.96. The molecule has 0 aromatic heterocycles. The molecule has 0 saturated carbocycles. The molecule has 0 aliphatic carbocycles. The zero-order valence-corrected chi connectivity index (χ0v) is 9.89. The second-order valence-electron chi connectivity index (χ2n) is 4.73. The minimum atomic E-state index is 0.281. The van der Waals surface area contributed by atoms with Gasteiger partial charge in [-0.1, -0.05) is 12.1 Å². The number of fused-ring (bicyclic) bond motifs is 1. The van der Waals surface area contributed by atoms with Crippen LogP contribution in [0.25, 0.3) is 0 Å². The van der Waals surface area contributed by atoms with Gasteiger partial charge < -0.3 is 9.64 Å². The van der Waals surface area contributed by atoms with E-state index in [4.69, 9.17) is 4.74 Å². The summed E-state index contributed by atoms with van der Waals surface area (Å²) >= 11 is 0. The molecule has 3 rings (SSSR count). The van der Waals surface area contributed by atoms with Crippen molar-refractivity contribution in [1.82, 2.24) is 0 Å². The average Bonchev–Trinajstić information content (AvgIpc) is 2.41. The molecule has 2 aliphatic heterocycles. The first-order valence-corrected chi connectivity index (χ1v) is 6.33. The molecule has 17 heavy (non-hydrogen) atoms. The van der Waals surface area contributed by atoms with Gasteiger partial charge >= 0.3 is 0 Å². The SMILES string of the molecule is O=C1CCN(C2CCOCC2)c2ccccc21. The van der Waals surface area contributed by atoms with Crippen molar-refractivity contribution < 1.29 is 9.53 Å². The number of ketones is 1. The van der Waals surface area contributed by atoms with E-state index in [0.717, 1.165) is 43.9 Å². The molecule has 0 amide bonds. The van der Waals surface area contributed by atoms with E-state index in [9.17, 15) is 4.79 Å². The fourth-order valence-electron chi connectivity index (χ4n) is 2.81. The molecule has 3 heteroatoms. The van der Waals surface area contributed by atoms with Crippen molar-refractivity contribution >= 4 is 11.5 Å². The van der Waals surface area contributed by atoms with E-state index in [2.05, 4.69) is 11.0 Å². The predicted molar refractivity (Wildman–Crippen MR) is 66.6 cm³/mol. The van der Waals surface area contributed by atoms with Gasteiger partial charge in [-0.2, -0.15) is 0 Å². The third-order valence-electron chi connectivity index (χ3n) is 3.73. The van der Waals surface area contributed by atoms with Crippen LogP contribution < -0.4 is 4.90 Å². The van der Waals surface area contributed by atoms with Crippen molar-refractivity contribution in [3.63, 3.8) is 0 Å². The van der Waals surface area contributed by atoms with E-state index in [1.807, 2.05) is 18.2 Å². The number of hydrogen-bond acceptors (Lipinski definition) is 3. The Balaban J connectivity index is 1.91.